The molecule has 0 saturated heterocycles. The molecule has 0 N–H and O–H groups in total. The van der Waals surface area contributed by atoms with E-state index in [0.717, 1.165) is 5.57 Å². The highest BCUT2D eigenvalue weighted by atomic mass is 15.1. The van der Waals surface area contributed by atoms with E-state index in [2.05, 4.69) is 43.6 Å². The van der Waals surface area contributed by atoms with Gasteiger partial charge in [-0.2, -0.15) is 0 Å². The third-order valence-electron chi connectivity index (χ3n) is 2.92. The predicted molar refractivity (Wildman–Crippen MR) is 62.7 cm³/mol. The Morgan fingerprint density at radius 2 is 2.21 bits per heavy atom. The van der Waals surface area contributed by atoms with Crippen molar-refractivity contribution in [2.24, 2.45) is 0 Å². The summed E-state index contributed by atoms with van der Waals surface area (Å²) < 4.78 is 0. The fourth-order valence-corrected chi connectivity index (χ4v) is 2.05. The molecule has 0 saturated carbocycles. The van der Waals surface area contributed by atoms with Gasteiger partial charge in [0.05, 0.1) is 0 Å². The summed E-state index contributed by atoms with van der Waals surface area (Å²) in [4.78, 5) is 2.33. The molecule has 0 radical (unpaired) electrons. The van der Waals surface area contributed by atoms with Crippen molar-refractivity contribution < 1.29 is 0 Å². The van der Waals surface area contributed by atoms with Crippen LogP contribution < -0.4 is 4.90 Å². The first-order valence-electron chi connectivity index (χ1n) is 5.18. The van der Waals surface area contributed by atoms with Crippen molar-refractivity contribution in [3.05, 3.63) is 35.9 Å². The van der Waals surface area contributed by atoms with Crippen LogP contribution in [0.15, 0.2) is 24.8 Å². The van der Waals surface area contributed by atoms with Crippen molar-refractivity contribution in [3.8, 4) is 0 Å². The van der Waals surface area contributed by atoms with Crippen molar-refractivity contribution in [3.63, 3.8) is 0 Å². The van der Waals surface area contributed by atoms with E-state index in [4.69, 9.17) is 0 Å². The van der Waals surface area contributed by atoms with E-state index < -0.39 is 0 Å². The fraction of sp³-hybridized carbons (Fsp3) is 0.385. The second-order valence-corrected chi connectivity index (χ2v) is 4.15. The minimum atomic E-state index is 1.15. The molecule has 2 rings (SSSR count). The topological polar surface area (TPSA) is 3.24 Å². The summed E-state index contributed by atoms with van der Waals surface area (Å²) in [5.41, 5.74) is 5.29. The van der Waals surface area contributed by atoms with Gasteiger partial charge in [-0.25, -0.2) is 0 Å². The Morgan fingerprint density at radius 1 is 1.43 bits per heavy atom. The van der Waals surface area contributed by atoms with E-state index in [-0.39, 0.29) is 0 Å². The zero-order valence-corrected chi connectivity index (χ0v) is 9.01. The summed E-state index contributed by atoms with van der Waals surface area (Å²) in [7, 11) is 2.17. The standard InChI is InChI=1S/C13H17N/c1-10(2)11-6-7-13-12(9-11)5-4-8-14(13)3/h6-7,9H,1,4-5,8H2,2-3H3. The number of aryl methyl sites for hydroxylation is 1. The van der Waals surface area contributed by atoms with Gasteiger partial charge in [0.15, 0.2) is 0 Å². The van der Waals surface area contributed by atoms with Gasteiger partial charge in [-0.1, -0.05) is 18.2 Å². The highest BCUT2D eigenvalue weighted by molar-refractivity contribution is 5.67. The van der Waals surface area contributed by atoms with Crippen LogP contribution >= 0.6 is 0 Å². The van der Waals surface area contributed by atoms with Crippen LogP contribution in [0.25, 0.3) is 5.57 Å². The fourth-order valence-electron chi connectivity index (χ4n) is 2.05. The van der Waals surface area contributed by atoms with Crippen LogP contribution in [0.3, 0.4) is 0 Å². The minimum absolute atomic E-state index is 1.15. The van der Waals surface area contributed by atoms with E-state index in [0.29, 0.717) is 0 Å². The van der Waals surface area contributed by atoms with Gasteiger partial charge < -0.3 is 4.90 Å². The number of fused-ring (bicyclic) bond motifs is 1. The van der Waals surface area contributed by atoms with Gasteiger partial charge in [0, 0.05) is 19.3 Å². The highest BCUT2D eigenvalue weighted by Gasteiger charge is 2.13. The van der Waals surface area contributed by atoms with Crippen molar-refractivity contribution in [2.75, 3.05) is 18.5 Å². The summed E-state index contributed by atoms with van der Waals surface area (Å²) in [5, 5.41) is 0. The lowest BCUT2D eigenvalue weighted by Gasteiger charge is -2.27. The summed E-state index contributed by atoms with van der Waals surface area (Å²) in [6.45, 7) is 7.22. The van der Waals surface area contributed by atoms with Gasteiger partial charge in [0.25, 0.3) is 0 Å². The maximum Gasteiger partial charge on any atom is 0.0396 e. The lowest BCUT2D eigenvalue weighted by molar-refractivity contribution is 0.744. The quantitative estimate of drug-likeness (QED) is 0.653. The molecule has 0 bridgehead atoms. The lowest BCUT2D eigenvalue weighted by atomic mass is 9.97. The van der Waals surface area contributed by atoms with Crippen LogP contribution in [-0.4, -0.2) is 13.6 Å². The SMILES string of the molecule is C=C(C)c1ccc2c(c1)CCCN2C. The molecule has 1 nitrogen and oxygen atoms in total. The Morgan fingerprint density at radius 3 is 2.93 bits per heavy atom. The van der Waals surface area contributed by atoms with Gasteiger partial charge in [-0.05, 0) is 43.0 Å². The largest absolute Gasteiger partial charge is 0.374 e. The summed E-state index contributed by atoms with van der Waals surface area (Å²) >= 11 is 0. The van der Waals surface area contributed by atoms with E-state index in [9.17, 15) is 0 Å². The van der Waals surface area contributed by atoms with Gasteiger partial charge in [0.1, 0.15) is 0 Å². The monoisotopic (exact) mass is 187 g/mol. The van der Waals surface area contributed by atoms with Gasteiger partial charge in [-0.3, -0.25) is 0 Å². The number of rotatable bonds is 1. The van der Waals surface area contributed by atoms with Crippen LogP contribution in [0.1, 0.15) is 24.5 Å². The second-order valence-electron chi connectivity index (χ2n) is 4.15. The third kappa shape index (κ3) is 1.54. The van der Waals surface area contributed by atoms with Gasteiger partial charge in [0.2, 0.25) is 0 Å². The highest BCUT2D eigenvalue weighted by Crippen LogP contribution is 2.28. The maximum atomic E-state index is 3.98. The molecular formula is C13H17N. The number of anilines is 1. The van der Waals surface area contributed by atoms with Gasteiger partial charge in [-0.15, -0.1) is 0 Å². The Bertz CT molecular complexity index is 365. The molecule has 0 amide bonds. The van der Waals surface area contributed by atoms with E-state index in [1.807, 2.05) is 0 Å². The molecule has 0 fully saturated rings. The zero-order chi connectivity index (χ0) is 10.1. The molecule has 14 heavy (non-hydrogen) atoms. The summed E-state index contributed by atoms with van der Waals surface area (Å²) in [6.07, 6.45) is 2.48. The van der Waals surface area contributed by atoms with Crippen LogP contribution in [0.4, 0.5) is 5.69 Å². The number of allylic oxidation sites excluding steroid dienone is 1. The molecule has 0 aliphatic carbocycles. The normalized spacial score (nSPS) is 15.1. The van der Waals surface area contributed by atoms with Crippen LogP contribution in [-0.2, 0) is 6.42 Å². The van der Waals surface area contributed by atoms with Crippen molar-refractivity contribution in [2.45, 2.75) is 19.8 Å². The molecule has 74 valence electrons. The Hall–Kier alpha value is -1.24. The Labute approximate surface area is 86.1 Å². The Kier molecular flexibility index (Phi) is 2.32. The number of nitrogens with zero attached hydrogens (tertiary/aromatic N) is 1. The summed E-state index contributed by atoms with van der Waals surface area (Å²) in [6, 6.07) is 6.68. The third-order valence-corrected chi connectivity index (χ3v) is 2.92. The zero-order valence-electron chi connectivity index (χ0n) is 9.01. The average molecular weight is 187 g/mol. The number of benzene rings is 1. The Balaban J connectivity index is 2.44. The average Bonchev–Trinajstić information content (AvgIpc) is 2.17. The predicted octanol–water partition coefficient (Wildman–Crippen LogP) is 3.10. The minimum Gasteiger partial charge on any atom is -0.374 e. The molecule has 1 aromatic rings. The number of hydrogen-bond donors (Lipinski definition) is 0. The molecule has 0 unspecified atom stereocenters. The van der Waals surface area contributed by atoms with Crippen molar-refractivity contribution in [1.82, 2.24) is 0 Å². The molecule has 1 heteroatoms. The molecule has 0 atom stereocenters. The van der Waals surface area contributed by atoms with Crippen molar-refractivity contribution >= 4 is 11.3 Å². The van der Waals surface area contributed by atoms with Gasteiger partial charge >= 0.3 is 0 Å². The molecule has 1 heterocycles. The van der Waals surface area contributed by atoms with E-state index >= 15 is 0 Å². The number of hydrogen-bond acceptors (Lipinski definition) is 1. The maximum absolute atomic E-state index is 3.98. The molecular weight excluding hydrogens is 170 g/mol. The lowest BCUT2D eigenvalue weighted by Crippen LogP contribution is -2.24. The smallest absolute Gasteiger partial charge is 0.0396 e. The first kappa shape index (κ1) is 9.32. The van der Waals surface area contributed by atoms with E-state index in [1.54, 1.807) is 0 Å². The van der Waals surface area contributed by atoms with Crippen LogP contribution in [0.5, 0.6) is 0 Å². The first-order valence-corrected chi connectivity index (χ1v) is 5.18. The summed E-state index contributed by atoms with van der Waals surface area (Å²) in [5.74, 6) is 0. The molecule has 1 aliphatic rings. The molecule has 0 spiro atoms. The molecule has 1 aliphatic heterocycles. The first-order chi connectivity index (χ1) is 6.68. The molecule has 0 aromatic heterocycles. The van der Waals surface area contributed by atoms with Crippen LogP contribution in [0.2, 0.25) is 0 Å². The second kappa shape index (κ2) is 3.49. The van der Waals surface area contributed by atoms with Crippen molar-refractivity contribution in [1.29, 1.82) is 0 Å². The van der Waals surface area contributed by atoms with E-state index in [1.165, 1.54) is 36.2 Å². The molecule has 1 aromatic carbocycles. The van der Waals surface area contributed by atoms with Crippen LogP contribution in [0, 0.1) is 0 Å².